The first kappa shape index (κ1) is 11.7. The van der Waals surface area contributed by atoms with E-state index in [4.69, 9.17) is 10.4 Å². The van der Waals surface area contributed by atoms with Crippen LogP contribution in [0, 0.1) is 17.1 Å². The van der Waals surface area contributed by atoms with Gasteiger partial charge in [0.15, 0.2) is 0 Å². The quantitative estimate of drug-likeness (QED) is 0.827. The first-order valence-corrected chi connectivity index (χ1v) is 4.89. The second-order valence-electron chi connectivity index (χ2n) is 3.80. The van der Waals surface area contributed by atoms with Crippen LogP contribution in [0.1, 0.15) is 36.5 Å². The van der Waals surface area contributed by atoms with Crippen molar-refractivity contribution in [1.82, 2.24) is 0 Å². The van der Waals surface area contributed by atoms with Gasteiger partial charge in [-0.15, -0.1) is 0 Å². The van der Waals surface area contributed by atoms with Gasteiger partial charge in [-0.3, -0.25) is 0 Å². The zero-order chi connectivity index (χ0) is 11.4. The van der Waals surface area contributed by atoms with Crippen molar-refractivity contribution in [2.75, 3.05) is 0 Å². The lowest BCUT2D eigenvalue weighted by Crippen LogP contribution is -2.00. The molecule has 15 heavy (non-hydrogen) atoms. The van der Waals surface area contributed by atoms with Crippen molar-refractivity contribution in [3.8, 4) is 6.07 Å². The summed E-state index contributed by atoms with van der Waals surface area (Å²) in [5.41, 5.74) is 1.59. The van der Waals surface area contributed by atoms with Crippen LogP contribution < -0.4 is 0 Å². The van der Waals surface area contributed by atoms with Gasteiger partial charge < -0.3 is 5.11 Å². The third kappa shape index (κ3) is 2.54. The summed E-state index contributed by atoms with van der Waals surface area (Å²) >= 11 is 0. The standard InChI is InChI=1S/C12H14FNO/c1-8(2)10-5-9(3-4-14)12(13)11(6-10)7-15/h5-6,8,15H,3,7H2,1-2H3. The van der Waals surface area contributed by atoms with Gasteiger partial charge in [0, 0.05) is 11.1 Å². The normalized spacial score (nSPS) is 10.4. The van der Waals surface area contributed by atoms with Gasteiger partial charge in [-0.1, -0.05) is 26.0 Å². The first-order chi connectivity index (χ1) is 7.10. The van der Waals surface area contributed by atoms with E-state index < -0.39 is 5.82 Å². The highest BCUT2D eigenvalue weighted by Gasteiger charge is 2.11. The summed E-state index contributed by atoms with van der Waals surface area (Å²) in [6.45, 7) is 3.65. The van der Waals surface area contributed by atoms with Crippen molar-refractivity contribution in [2.24, 2.45) is 0 Å². The molecule has 0 spiro atoms. The Balaban J connectivity index is 3.26. The topological polar surface area (TPSA) is 44.0 Å². The summed E-state index contributed by atoms with van der Waals surface area (Å²) in [7, 11) is 0. The van der Waals surface area contributed by atoms with E-state index in [0.29, 0.717) is 5.56 Å². The number of hydrogen-bond donors (Lipinski definition) is 1. The van der Waals surface area contributed by atoms with Crippen molar-refractivity contribution in [1.29, 1.82) is 5.26 Å². The van der Waals surface area contributed by atoms with Crippen LogP contribution in [0.2, 0.25) is 0 Å². The molecule has 0 radical (unpaired) electrons. The van der Waals surface area contributed by atoms with Crippen LogP contribution in [0.15, 0.2) is 12.1 Å². The highest BCUT2D eigenvalue weighted by Crippen LogP contribution is 2.22. The Morgan fingerprint density at radius 3 is 2.47 bits per heavy atom. The van der Waals surface area contributed by atoms with Gasteiger partial charge in [0.25, 0.3) is 0 Å². The molecule has 1 aromatic carbocycles. The monoisotopic (exact) mass is 207 g/mol. The van der Waals surface area contributed by atoms with Gasteiger partial charge in [-0.25, -0.2) is 4.39 Å². The average molecular weight is 207 g/mol. The molecule has 0 atom stereocenters. The number of nitrogens with zero attached hydrogens (tertiary/aromatic N) is 1. The highest BCUT2D eigenvalue weighted by atomic mass is 19.1. The van der Waals surface area contributed by atoms with Gasteiger partial charge in [0.1, 0.15) is 5.82 Å². The molecule has 0 unspecified atom stereocenters. The third-order valence-corrected chi connectivity index (χ3v) is 2.35. The summed E-state index contributed by atoms with van der Waals surface area (Å²) in [6.07, 6.45) is 0.0411. The maximum atomic E-state index is 13.6. The number of rotatable bonds is 3. The fraction of sp³-hybridized carbons (Fsp3) is 0.417. The van der Waals surface area contributed by atoms with Crippen LogP contribution in [0.5, 0.6) is 0 Å². The summed E-state index contributed by atoms with van der Waals surface area (Å²) in [6, 6.07) is 5.27. The molecule has 2 nitrogen and oxygen atoms in total. The zero-order valence-corrected chi connectivity index (χ0v) is 8.92. The number of halogens is 1. The SMILES string of the molecule is CC(C)c1cc(CO)c(F)c(CC#N)c1. The van der Waals surface area contributed by atoms with Gasteiger partial charge >= 0.3 is 0 Å². The minimum absolute atomic E-state index is 0.0411. The molecule has 0 aliphatic rings. The lowest BCUT2D eigenvalue weighted by molar-refractivity contribution is 0.275. The van der Waals surface area contributed by atoms with Crippen LogP contribution in [0.25, 0.3) is 0 Å². The molecule has 0 saturated carbocycles. The van der Waals surface area contributed by atoms with E-state index in [1.807, 2.05) is 19.9 Å². The molecule has 0 bridgehead atoms. The maximum absolute atomic E-state index is 13.6. The second kappa shape index (κ2) is 4.90. The Morgan fingerprint density at radius 2 is 2.00 bits per heavy atom. The molecular formula is C12H14FNO. The minimum atomic E-state index is -0.455. The predicted molar refractivity (Wildman–Crippen MR) is 55.7 cm³/mol. The van der Waals surface area contributed by atoms with Crippen molar-refractivity contribution in [2.45, 2.75) is 32.8 Å². The summed E-state index contributed by atoms with van der Waals surface area (Å²) in [5.74, 6) is -0.197. The summed E-state index contributed by atoms with van der Waals surface area (Å²) in [4.78, 5) is 0. The summed E-state index contributed by atoms with van der Waals surface area (Å²) < 4.78 is 13.6. The highest BCUT2D eigenvalue weighted by molar-refractivity contribution is 5.34. The van der Waals surface area contributed by atoms with E-state index in [1.54, 1.807) is 12.1 Å². The first-order valence-electron chi connectivity index (χ1n) is 4.89. The molecule has 80 valence electrons. The van der Waals surface area contributed by atoms with Gasteiger partial charge in [0.2, 0.25) is 0 Å². The molecule has 3 heteroatoms. The molecule has 0 amide bonds. The second-order valence-corrected chi connectivity index (χ2v) is 3.80. The van der Waals surface area contributed by atoms with E-state index in [-0.39, 0.29) is 24.5 Å². The summed E-state index contributed by atoms with van der Waals surface area (Å²) in [5, 5.41) is 17.6. The molecule has 1 N–H and O–H groups in total. The molecule has 0 heterocycles. The largest absolute Gasteiger partial charge is 0.392 e. The smallest absolute Gasteiger partial charge is 0.132 e. The van der Waals surface area contributed by atoms with E-state index in [1.165, 1.54) is 0 Å². The Bertz CT molecular complexity index is 393. The molecule has 0 aromatic heterocycles. The van der Waals surface area contributed by atoms with Crippen LogP contribution in [0.4, 0.5) is 4.39 Å². The van der Waals surface area contributed by atoms with Crippen molar-refractivity contribution >= 4 is 0 Å². The van der Waals surface area contributed by atoms with Crippen LogP contribution in [0.3, 0.4) is 0 Å². The lowest BCUT2D eigenvalue weighted by Gasteiger charge is -2.11. The van der Waals surface area contributed by atoms with Gasteiger partial charge in [-0.05, 0) is 11.5 Å². The predicted octanol–water partition coefficient (Wildman–Crippen LogP) is 2.51. The number of nitriles is 1. The Morgan fingerprint density at radius 1 is 1.40 bits per heavy atom. The number of benzene rings is 1. The minimum Gasteiger partial charge on any atom is -0.392 e. The molecule has 0 saturated heterocycles. The van der Waals surface area contributed by atoms with E-state index in [2.05, 4.69) is 0 Å². The molecule has 0 fully saturated rings. The zero-order valence-electron chi connectivity index (χ0n) is 8.92. The van der Waals surface area contributed by atoms with E-state index in [0.717, 1.165) is 5.56 Å². The Labute approximate surface area is 89.0 Å². The fourth-order valence-electron chi connectivity index (χ4n) is 1.44. The molecule has 1 rings (SSSR count). The third-order valence-electron chi connectivity index (χ3n) is 2.35. The molecule has 0 aliphatic heterocycles. The van der Waals surface area contributed by atoms with Crippen molar-refractivity contribution < 1.29 is 9.50 Å². The van der Waals surface area contributed by atoms with E-state index in [9.17, 15) is 4.39 Å². The Hall–Kier alpha value is -1.40. The van der Waals surface area contributed by atoms with Gasteiger partial charge in [-0.2, -0.15) is 5.26 Å². The number of aliphatic hydroxyl groups is 1. The van der Waals surface area contributed by atoms with Crippen LogP contribution in [-0.2, 0) is 13.0 Å². The fourth-order valence-corrected chi connectivity index (χ4v) is 1.44. The molecule has 1 aromatic rings. The van der Waals surface area contributed by atoms with Crippen molar-refractivity contribution in [3.05, 3.63) is 34.6 Å². The van der Waals surface area contributed by atoms with E-state index >= 15 is 0 Å². The van der Waals surface area contributed by atoms with Crippen molar-refractivity contribution in [3.63, 3.8) is 0 Å². The maximum Gasteiger partial charge on any atom is 0.132 e. The number of hydrogen-bond acceptors (Lipinski definition) is 2. The van der Waals surface area contributed by atoms with Crippen LogP contribution >= 0.6 is 0 Å². The van der Waals surface area contributed by atoms with Gasteiger partial charge in [0.05, 0.1) is 19.1 Å². The number of aliphatic hydroxyl groups excluding tert-OH is 1. The Kier molecular flexibility index (Phi) is 3.81. The average Bonchev–Trinajstić information content (AvgIpc) is 2.21. The lowest BCUT2D eigenvalue weighted by atomic mass is 9.96. The van der Waals surface area contributed by atoms with Crippen LogP contribution in [-0.4, -0.2) is 5.11 Å². The molecule has 0 aliphatic carbocycles. The molecular weight excluding hydrogens is 193 g/mol.